The molecular weight excluding hydrogens is 245 g/mol. The van der Waals surface area contributed by atoms with E-state index < -0.39 is 11.8 Å². The molecule has 0 aromatic carbocycles. The molecule has 0 bridgehead atoms. The average molecular weight is 253 g/mol. The maximum atomic E-state index is 12.8. The smallest absolute Gasteiger partial charge is 0.371 e. The van der Waals surface area contributed by atoms with E-state index in [1.165, 1.54) is 23.9 Å². The van der Waals surface area contributed by atoms with Crippen LogP contribution in [-0.2, 0) is 5.75 Å². The highest BCUT2D eigenvalue weighted by Gasteiger charge is 2.09. The van der Waals surface area contributed by atoms with Gasteiger partial charge in [0.25, 0.3) is 0 Å². The van der Waals surface area contributed by atoms with Gasteiger partial charge in [0.2, 0.25) is 5.76 Å². The van der Waals surface area contributed by atoms with Crippen molar-refractivity contribution in [2.75, 3.05) is 0 Å². The molecule has 0 saturated carbocycles. The monoisotopic (exact) mass is 253 g/mol. The largest absolute Gasteiger partial charge is 0.475 e. The van der Waals surface area contributed by atoms with E-state index >= 15 is 0 Å². The number of rotatable bonds is 4. The number of aromatic carboxylic acids is 1. The Labute approximate surface area is 100 Å². The summed E-state index contributed by atoms with van der Waals surface area (Å²) in [6.07, 6.45) is 2.68. The van der Waals surface area contributed by atoms with Crippen molar-refractivity contribution >= 4 is 17.7 Å². The van der Waals surface area contributed by atoms with Crippen molar-refractivity contribution in [1.29, 1.82) is 0 Å². The summed E-state index contributed by atoms with van der Waals surface area (Å²) in [5.41, 5.74) is 0.711. The van der Waals surface area contributed by atoms with Crippen LogP contribution in [0.1, 0.15) is 16.1 Å². The number of hydrogen-bond donors (Lipinski definition) is 1. The topological polar surface area (TPSA) is 63.3 Å². The summed E-state index contributed by atoms with van der Waals surface area (Å²) in [6.45, 7) is 0. The van der Waals surface area contributed by atoms with E-state index in [4.69, 9.17) is 9.52 Å². The molecule has 6 heteroatoms. The molecule has 0 radical (unpaired) electrons. The molecule has 0 atom stereocenters. The number of thioether (sulfide) groups is 1. The van der Waals surface area contributed by atoms with Gasteiger partial charge in [-0.25, -0.2) is 9.18 Å². The molecule has 0 unspecified atom stereocenters. The number of nitrogens with zero attached hydrogens (tertiary/aromatic N) is 1. The fraction of sp³-hybridized carbons (Fsp3) is 0.0909. The first-order valence-electron chi connectivity index (χ1n) is 4.70. The second kappa shape index (κ2) is 5.01. The minimum atomic E-state index is -1.11. The Hall–Kier alpha value is -1.82. The second-order valence-corrected chi connectivity index (χ2v) is 4.20. The Balaban J connectivity index is 2.00. The van der Waals surface area contributed by atoms with Gasteiger partial charge in [-0.3, -0.25) is 4.98 Å². The summed E-state index contributed by atoms with van der Waals surface area (Å²) in [5, 5.41) is 9.14. The van der Waals surface area contributed by atoms with Crippen LogP contribution in [0, 0.1) is 5.82 Å². The van der Waals surface area contributed by atoms with Crippen molar-refractivity contribution in [3.05, 3.63) is 47.7 Å². The Bertz CT molecular complexity index is 541. The average Bonchev–Trinajstić information content (AvgIpc) is 2.75. The molecule has 88 valence electrons. The highest BCUT2D eigenvalue weighted by atomic mass is 32.2. The third kappa shape index (κ3) is 3.07. The number of pyridine rings is 1. The summed E-state index contributed by atoms with van der Waals surface area (Å²) < 4.78 is 17.9. The first-order chi connectivity index (χ1) is 8.15. The van der Waals surface area contributed by atoms with Gasteiger partial charge in [0.15, 0.2) is 5.09 Å². The molecule has 0 spiro atoms. The first kappa shape index (κ1) is 11.7. The van der Waals surface area contributed by atoms with E-state index in [1.807, 2.05) is 0 Å². The number of carboxylic acids is 1. The van der Waals surface area contributed by atoms with Crippen LogP contribution in [-0.4, -0.2) is 16.1 Å². The van der Waals surface area contributed by atoms with E-state index in [0.29, 0.717) is 16.4 Å². The molecule has 0 fully saturated rings. The fourth-order valence-electron chi connectivity index (χ4n) is 1.20. The number of carboxylic acid groups (broad SMARTS) is 1. The van der Waals surface area contributed by atoms with E-state index in [2.05, 4.69) is 4.98 Å². The minimum absolute atomic E-state index is 0.107. The van der Waals surface area contributed by atoms with Crippen LogP contribution in [0.25, 0.3) is 0 Å². The van der Waals surface area contributed by atoms with Crippen LogP contribution in [0.5, 0.6) is 0 Å². The zero-order valence-electron chi connectivity index (χ0n) is 8.59. The maximum Gasteiger partial charge on any atom is 0.371 e. The summed E-state index contributed by atoms with van der Waals surface area (Å²) in [4.78, 5) is 14.3. The predicted molar refractivity (Wildman–Crippen MR) is 59.4 cm³/mol. The lowest BCUT2D eigenvalue weighted by atomic mass is 10.3. The first-order valence-corrected chi connectivity index (χ1v) is 5.69. The third-order valence-electron chi connectivity index (χ3n) is 1.93. The van der Waals surface area contributed by atoms with Crippen LogP contribution in [0.15, 0.2) is 40.1 Å². The quantitative estimate of drug-likeness (QED) is 0.849. The Morgan fingerprint density at radius 2 is 2.29 bits per heavy atom. The zero-order chi connectivity index (χ0) is 12.3. The van der Waals surface area contributed by atoms with E-state index in [9.17, 15) is 9.18 Å². The lowest BCUT2D eigenvalue weighted by molar-refractivity contribution is 0.0656. The molecule has 0 aliphatic heterocycles. The van der Waals surface area contributed by atoms with Gasteiger partial charge in [-0.05, 0) is 23.8 Å². The lowest BCUT2D eigenvalue weighted by Gasteiger charge is -1.98. The molecule has 1 N–H and O–H groups in total. The summed E-state index contributed by atoms with van der Waals surface area (Å²) >= 11 is 1.28. The van der Waals surface area contributed by atoms with Crippen molar-refractivity contribution in [3.63, 3.8) is 0 Å². The molecule has 17 heavy (non-hydrogen) atoms. The number of carbonyl (C=O) groups is 1. The van der Waals surface area contributed by atoms with Crippen LogP contribution in [0.2, 0.25) is 0 Å². The van der Waals surface area contributed by atoms with E-state index in [-0.39, 0.29) is 5.76 Å². The molecule has 2 rings (SSSR count). The van der Waals surface area contributed by atoms with Gasteiger partial charge in [-0.2, -0.15) is 0 Å². The molecule has 0 aliphatic rings. The SMILES string of the molecule is O=C(O)c1ccc(SCc2cncc(F)c2)o1. The predicted octanol–water partition coefficient (Wildman–Crippen LogP) is 2.80. The Kier molecular flexibility index (Phi) is 3.43. The molecule has 0 saturated heterocycles. The molecule has 4 nitrogen and oxygen atoms in total. The second-order valence-electron chi connectivity index (χ2n) is 3.22. The molecule has 2 aromatic rings. The van der Waals surface area contributed by atoms with E-state index in [1.54, 1.807) is 12.3 Å². The maximum absolute atomic E-state index is 12.8. The molecule has 0 aliphatic carbocycles. The van der Waals surface area contributed by atoms with Gasteiger partial charge >= 0.3 is 5.97 Å². The Morgan fingerprint density at radius 1 is 1.47 bits per heavy atom. The summed E-state index contributed by atoms with van der Waals surface area (Å²) in [6, 6.07) is 4.33. The highest BCUT2D eigenvalue weighted by Crippen LogP contribution is 2.24. The van der Waals surface area contributed by atoms with Gasteiger partial charge in [0.05, 0.1) is 6.20 Å². The summed E-state index contributed by atoms with van der Waals surface area (Å²) in [5.74, 6) is -1.14. The number of furan rings is 1. The van der Waals surface area contributed by atoms with Gasteiger partial charge in [-0.1, -0.05) is 11.8 Å². The van der Waals surface area contributed by atoms with Gasteiger partial charge in [-0.15, -0.1) is 0 Å². The van der Waals surface area contributed by atoms with Crippen molar-refractivity contribution < 1.29 is 18.7 Å². The number of hydrogen-bond acceptors (Lipinski definition) is 4. The normalized spacial score (nSPS) is 10.4. The Morgan fingerprint density at radius 3 is 2.94 bits per heavy atom. The van der Waals surface area contributed by atoms with Gasteiger partial charge in [0.1, 0.15) is 5.82 Å². The summed E-state index contributed by atoms with van der Waals surface area (Å²) in [7, 11) is 0. The lowest BCUT2D eigenvalue weighted by Crippen LogP contribution is -1.91. The van der Waals surface area contributed by atoms with Crippen LogP contribution in [0.3, 0.4) is 0 Å². The van der Waals surface area contributed by atoms with Crippen molar-refractivity contribution in [2.45, 2.75) is 10.8 Å². The van der Waals surface area contributed by atoms with Crippen LogP contribution < -0.4 is 0 Å². The number of aromatic nitrogens is 1. The van der Waals surface area contributed by atoms with Crippen LogP contribution >= 0.6 is 11.8 Å². The van der Waals surface area contributed by atoms with Crippen molar-refractivity contribution in [3.8, 4) is 0 Å². The third-order valence-corrected chi connectivity index (χ3v) is 2.92. The standard InChI is InChI=1S/C11H8FNO3S/c12-8-3-7(4-13-5-8)6-17-10-2-1-9(16-10)11(14)15/h1-5H,6H2,(H,14,15). The molecule has 0 amide bonds. The highest BCUT2D eigenvalue weighted by molar-refractivity contribution is 7.98. The molecule has 2 aromatic heterocycles. The van der Waals surface area contributed by atoms with Crippen molar-refractivity contribution in [2.24, 2.45) is 0 Å². The van der Waals surface area contributed by atoms with Crippen molar-refractivity contribution in [1.82, 2.24) is 4.98 Å². The zero-order valence-corrected chi connectivity index (χ0v) is 9.41. The minimum Gasteiger partial charge on any atom is -0.475 e. The molecular formula is C11H8FNO3S. The molecule has 2 heterocycles. The van der Waals surface area contributed by atoms with Gasteiger partial charge in [0, 0.05) is 11.9 Å². The van der Waals surface area contributed by atoms with Gasteiger partial charge < -0.3 is 9.52 Å². The van der Waals surface area contributed by atoms with Crippen LogP contribution in [0.4, 0.5) is 4.39 Å². The fourth-order valence-corrected chi connectivity index (χ4v) is 1.98. The van der Waals surface area contributed by atoms with E-state index in [0.717, 1.165) is 6.20 Å². The number of halogens is 1.